The van der Waals surface area contributed by atoms with E-state index in [0.717, 1.165) is 25.7 Å². The van der Waals surface area contributed by atoms with E-state index in [9.17, 15) is 4.39 Å². The van der Waals surface area contributed by atoms with Crippen molar-refractivity contribution >= 4 is 11.6 Å². The molecule has 0 N–H and O–H groups in total. The Morgan fingerprint density at radius 2 is 2.12 bits per heavy atom. The fourth-order valence-corrected chi connectivity index (χ4v) is 2.85. The maximum atomic E-state index is 14.0. The van der Waals surface area contributed by atoms with Gasteiger partial charge in [0.25, 0.3) is 0 Å². The summed E-state index contributed by atoms with van der Waals surface area (Å²) in [5.41, 5.74) is 0. The number of methoxy groups -OCH3 is 1. The second kappa shape index (κ2) is 6.80. The molecule has 0 aromatic carbocycles. The lowest BCUT2D eigenvalue weighted by Crippen LogP contribution is -2.41. The molecule has 0 saturated heterocycles. The van der Waals surface area contributed by atoms with E-state index in [2.05, 4.69) is 13.8 Å². The molecule has 1 aliphatic carbocycles. The van der Waals surface area contributed by atoms with Gasteiger partial charge in [-0.3, -0.25) is 0 Å². The van der Waals surface area contributed by atoms with Crippen LogP contribution >= 0.6 is 11.6 Å². The molecular weight excluding hydrogens is 227 g/mol. The van der Waals surface area contributed by atoms with E-state index in [1.807, 2.05) is 0 Å². The maximum Gasteiger partial charge on any atom is 0.122 e. The van der Waals surface area contributed by atoms with Crippen LogP contribution in [0, 0.1) is 11.8 Å². The Kier molecular flexibility index (Phi) is 6.06. The molecule has 4 unspecified atom stereocenters. The van der Waals surface area contributed by atoms with Crippen molar-refractivity contribution in [3.05, 3.63) is 0 Å². The summed E-state index contributed by atoms with van der Waals surface area (Å²) < 4.78 is 19.2. The van der Waals surface area contributed by atoms with Crippen LogP contribution < -0.4 is 0 Å². The van der Waals surface area contributed by atoms with Gasteiger partial charge in [0.2, 0.25) is 0 Å². The highest BCUT2D eigenvalue weighted by Gasteiger charge is 2.38. The third-order valence-corrected chi connectivity index (χ3v) is 4.48. The normalized spacial score (nSPS) is 37.3. The Balaban J connectivity index is 2.39. The van der Waals surface area contributed by atoms with Crippen molar-refractivity contribution in [1.82, 2.24) is 0 Å². The van der Waals surface area contributed by atoms with Crippen molar-refractivity contribution in [3.63, 3.8) is 0 Å². The Hall–Kier alpha value is 0.180. The van der Waals surface area contributed by atoms with E-state index in [1.165, 1.54) is 6.42 Å². The van der Waals surface area contributed by atoms with Crippen LogP contribution in [0.5, 0.6) is 0 Å². The quantitative estimate of drug-likeness (QED) is 0.665. The molecule has 0 aromatic rings. The van der Waals surface area contributed by atoms with Gasteiger partial charge in [0.1, 0.15) is 6.17 Å². The zero-order chi connectivity index (χ0) is 12.1. The zero-order valence-corrected chi connectivity index (χ0v) is 11.3. The van der Waals surface area contributed by atoms with E-state index < -0.39 is 11.5 Å². The van der Waals surface area contributed by atoms with E-state index >= 15 is 0 Å². The largest absolute Gasteiger partial charge is 0.380 e. The van der Waals surface area contributed by atoms with E-state index in [1.54, 1.807) is 7.11 Å². The Morgan fingerprint density at radius 3 is 2.69 bits per heavy atom. The minimum Gasteiger partial charge on any atom is -0.380 e. The second-order valence-electron chi connectivity index (χ2n) is 5.09. The van der Waals surface area contributed by atoms with Crippen LogP contribution in [-0.2, 0) is 4.74 Å². The van der Waals surface area contributed by atoms with Crippen molar-refractivity contribution in [2.75, 3.05) is 7.11 Å². The average Bonchev–Trinajstić information content (AvgIpc) is 2.30. The molecule has 5 atom stereocenters. The van der Waals surface area contributed by atoms with Crippen LogP contribution in [0.3, 0.4) is 0 Å². The number of hydrogen-bond donors (Lipinski definition) is 0. The van der Waals surface area contributed by atoms with Crippen LogP contribution in [0.1, 0.15) is 46.0 Å². The highest BCUT2D eigenvalue weighted by Crippen LogP contribution is 2.35. The van der Waals surface area contributed by atoms with Gasteiger partial charge in [0, 0.05) is 7.11 Å². The van der Waals surface area contributed by atoms with Crippen molar-refractivity contribution < 1.29 is 9.13 Å². The summed E-state index contributed by atoms with van der Waals surface area (Å²) in [6.07, 6.45) is 4.07. The molecule has 0 aliphatic heterocycles. The number of hydrogen-bond acceptors (Lipinski definition) is 1. The van der Waals surface area contributed by atoms with Crippen LogP contribution in [0.25, 0.3) is 0 Å². The monoisotopic (exact) mass is 250 g/mol. The summed E-state index contributed by atoms with van der Waals surface area (Å²) in [5, 5.41) is -0.458. The topological polar surface area (TPSA) is 9.23 Å². The molecule has 1 rings (SSSR count). The zero-order valence-electron chi connectivity index (χ0n) is 10.6. The van der Waals surface area contributed by atoms with Gasteiger partial charge in [-0.15, -0.1) is 11.6 Å². The first-order valence-electron chi connectivity index (χ1n) is 6.41. The second-order valence-corrected chi connectivity index (χ2v) is 5.60. The van der Waals surface area contributed by atoms with Gasteiger partial charge in [-0.1, -0.05) is 26.7 Å². The lowest BCUT2D eigenvalue weighted by molar-refractivity contribution is 0.0167. The summed E-state index contributed by atoms with van der Waals surface area (Å²) in [5.74, 6) is 0.837. The van der Waals surface area contributed by atoms with Crippen LogP contribution in [-0.4, -0.2) is 24.8 Å². The highest BCUT2D eigenvalue weighted by atomic mass is 35.5. The average molecular weight is 251 g/mol. The van der Waals surface area contributed by atoms with E-state index in [4.69, 9.17) is 16.3 Å². The molecule has 0 radical (unpaired) electrons. The molecule has 0 spiro atoms. The third-order valence-electron chi connectivity index (χ3n) is 3.96. The molecule has 96 valence electrons. The SMILES string of the molecule is CCC(C)CC[C@@H]1CCC(OC)C(Cl)C1F. The van der Waals surface area contributed by atoms with Gasteiger partial charge in [-0.25, -0.2) is 4.39 Å². The molecule has 0 heterocycles. The molecular formula is C13H24ClFO. The molecule has 1 fully saturated rings. The predicted octanol–water partition coefficient (Wildman–Crippen LogP) is 4.18. The van der Waals surface area contributed by atoms with Gasteiger partial charge >= 0.3 is 0 Å². The summed E-state index contributed by atoms with van der Waals surface area (Å²) in [7, 11) is 1.62. The standard InChI is InChI=1S/C13H24ClFO/c1-4-9(2)5-6-10-7-8-11(16-3)12(14)13(10)15/h9-13H,4-8H2,1-3H3/t9?,10-,11?,12?,13?/m1/s1. The first kappa shape index (κ1) is 14.2. The van der Waals surface area contributed by atoms with E-state index in [0.29, 0.717) is 5.92 Å². The lowest BCUT2D eigenvalue weighted by atomic mass is 9.81. The smallest absolute Gasteiger partial charge is 0.122 e. The van der Waals surface area contributed by atoms with Crippen molar-refractivity contribution in [2.45, 2.75) is 63.6 Å². The van der Waals surface area contributed by atoms with Crippen LogP contribution in [0.15, 0.2) is 0 Å². The summed E-state index contributed by atoms with van der Waals surface area (Å²) in [6, 6.07) is 0. The van der Waals surface area contributed by atoms with Crippen LogP contribution in [0.4, 0.5) is 4.39 Å². The molecule has 0 bridgehead atoms. The van der Waals surface area contributed by atoms with Gasteiger partial charge in [0.15, 0.2) is 0 Å². The Labute approximate surface area is 104 Å². The van der Waals surface area contributed by atoms with Gasteiger partial charge in [-0.05, 0) is 31.1 Å². The predicted molar refractivity (Wildman–Crippen MR) is 66.7 cm³/mol. The Morgan fingerprint density at radius 1 is 1.44 bits per heavy atom. The van der Waals surface area contributed by atoms with Crippen molar-refractivity contribution in [2.24, 2.45) is 11.8 Å². The maximum absolute atomic E-state index is 14.0. The fraction of sp³-hybridized carbons (Fsp3) is 1.00. The molecule has 1 aliphatic rings. The summed E-state index contributed by atoms with van der Waals surface area (Å²) >= 11 is 6.08. The summed E-state index contributed by atoms with van der Waals surface area (Å²) in [6.45, 7) is 4.41. The first-order chi connectivity index (χ1) is 7.60. The van der Waals surface area contributed by atoms with E-state index in [-0.39, 0.29) is 12.0 Å². The summed E-state index contributed by atoms with van der Waals surface area (Å²) in [4.78, 5) is 0. The molecule has 16 heavy (non-hydrogen) atoms. The van der Waals surface area contributed by atoms with Gasteiger partial charge in [-0.2, -0.15) is 0 Å². The molecule has 1 nitrogen and oxygen atoms in total. The van der Waals surface area contributed by atoms with Gasteiger partial charge < -0.3 is 4.74 Å². The minimum absolute atomic E-state index is 0.100. The number of rotatable bonds is 5. The number of alkyl halides is 2. The number of ether oxygens (including phenoxy) is 1. The Bertz CT molecular complexity index is 200. The van der Waals surface area contributed by atoms with Crippen LogP contribution in [0.2, 0.25) is 0 Å². The lowest BCUT2D eigenvalue weighted by Gasteiger charge is -2.35. The van der Waals surface area contributed by atoms with Crippen molar-refractivity contribution in [1.29, 1.82) is 0 Å². The minimum atomic E-state index is -0.899. The molecule has 0 amide bonds. The first-order valence-corrected chi connectivity index (χ1v) is 6.84. The van der Waals surface area contributed by atoms with Crippen molar-refractivity contribution in [3.8, 4) is 0 Å². The third kappa shape index (κ3) is 3.59. The molecule has 3 heteroatoms. The fourth-order valence-electron chi connectivity index (χ4n) is 2.42. The highest BCUT2D eigenvalue weighted by molar-refractivity contribution is 6.21. The van der Waals surface area contributed by atoms with Gasteiger partial charge in [0.05, 0.1) is 11.5 Å². The number of halogens is 2. The molecule has 0 aromatic heterocycles. The molecule has 1 saturated carbocycles.